The van der Waals surface area contributed by atoms with Crippen LogP contribution < -0.4 is 20.9 Å². The highest BCUT2D eigenvalue weighted by molar-refractivity contribution is 6.32. The van der Waals surface area contributed by atoms with Crippen molar-refractivity contribution in [2.75, 3.05) is 49.5 Å². The number of nitrogens with zero attached hydrogens (tertiary/aromatic N) is 7. The van der Waals surface area contributed by atoms with Crippen molar-refractivity contribution in [3.05, 3.63) is 99.5 Å². The molecule has 4 amide bonds. The smallest absolute Gasteiger partial charge is 0.273 e. The fraction of sp³-hybridized carbons (Fsp3) is 0.400. The number of hydrogen-bond donors (Lipinski definition) is 3. The zero-order valence-corrected chi connectivity index (χ0v) is 34.7. The van der Waals surface area contributed by atoms with E-state index in [0.717, 1.165) is 58.0 Å². The molecule has 14 nitrogen and oxygen atoms in total. The molecule has 1 aliphatic carbocycles. The number of fused-ring (bicyclic) bond motifs is 4. The second-order valence-electron chi connectivity index (χ2n) is 17.7. The van der Waals surface area contributed by atoms with E-state index in [1.807, 2.05) is 29.2 Å². The van der Waals surface area contributed by atoms with Crippen molar-refractivity contribution in [2.24, 2.45) is 5.41 Å². The van der Waals surface area contributed by atoms with Gasteiger partial charge in [-0.1, -0.05) is 29.8 Å². The Balaban J connectivity index is 0.753. The first-order chi connectivity index (χ1) is 30.4. The zero-order chi connectivity index (χ0) is 43.4. The molecule has 324 valence electrons. The van der Waals surface area contributed by atoms with Gasteiger partial charge in [0.05, 0.1) is 41.5 Å². The lowest BCUT2D eigenvalue weighted by atomic mass is 9.69. The Morgan fingerprint density at radius 2 is 1.81 bits per heavy atom. The van der Waals surface area contributed by atoms with E-state index in [1.54, 1.807) is 10.7 Å². The molecule has 3 N–H and O–H groups in total. The van der Waals surface area contributed by atoms with Crippen molar-refractivity contribution in [3.63, 3.8) is 0 Å². The second kappa shape index (κ2) is 14.8. The fourth-order valence-electron chi connectivity index (χ4n) is 10.1. The van der Waals surface area contributed by atoms with E-state index in [4.69, 9.17) is 21.7 Å². The molecule has 3 aromatic heterocycles. The van der Waals surface area contributed by atoms with Crippen molar-refractivity contribution in [3.8, 4) is 11.3 Å². The topological polar surface area (TPSA) is 157 Å². The summed E-state index contributed by atoms with van der Waals surface area (Å²) in [5.74, 6) is -4.92. The first-order valence-electron chi connectivity index (χ1n) is 21.3. The van der Waals surface area contributed by atoms with Crippen LogP contribution in [0, 0.1) is 5.41 Å². The molecule has 0 bridgehead atoms. The summed E-state index contributed by atoms with van der Waals surface area (Å²) in [7, 11) is 0. The minimum Gasteiger partial charge on any atom is -0.381 e. The van der Waals surface area contributed by atoms with Crippen LogP contribution >= 0.6 is 11.6 Å². The molecule has 6 aliphatic rings. The molecule has 8 heterocycles. The number of rotatable bonds is 8. The van der Waals surface area contributed by atoms with Gasteiger partial charge in [0.25, 0.3) is 17.7 Å². The van der Waals surface area contributed by atoms with Gasteiger partial charge in [-0.25, -0.2) is 22.7 Å². The predicted octanol–water partition coefficient (Wildman–Crippen LogP) is 5.45. The summed E-state index contributed by atoms with van der Waals surface area (Å²) in [5, 5.41) is 13.7. The Labute approximate surface area is 364 Å². The summed E-state index contributed by atoms with van der Waals surface area (Å²) in [4.78, 5) is 65.5. The van der Waals surface area contributed by atoms with Crippen LogP contribution in [-0.2, 0) is 29.0 Å². The van der Waals surface area contributed by atoms with Gasteiger partial charge in [-0.2, -0.15) is 0 Å². The third kappa shape index (κ3) is 6.69. The third-order valence-corrected chi connectivity index (χ3v) is 14.0. The molecule has 11 rings (SSSR count). The van der Waals surface area contributed by atoms with E-state index in [-0.39, 0.29) is 61.1 Å². The van der Waals surface area contributed by atoms with Gasteiger partial charge in [-0.3, -0.25) is 34.4 Å². The number of halogens is 4. The van der Waals surface area contributed by atoms with E-state index in [2.05, 4.69) is 31.9 Å². The van der Waals surface area contributed by atoms with Gasteiger partial charge in [-0.15, -0.1) is 5.10 Å². The first kappa shape index (κ1) is 39.8. The number of anilines is 3. The van der Waals surface area contributed by atoms with Crippen LogP contribution in [0.1, 0.15) is 74.7 Å². The lowest BCUT2D eigenvalue weighted by Crippen LogP contribution is -2.70. The highest BCUT2D eigenvalue weighted by Crippen LogP contribution is 2.51. The largest absolute Gasteiger partial charge is 0.381 e. The van der Waals surface area contributed by atoms with E-state index >= 15 is 8.78 Å². The number of likely N-dealkylation sites (tertiary alicyclic amines) is 2. The van der Waals surface area contributed by atoms with Crippen molar-refractivity contribution < 1.29 is 32.3 Å². The van der Waals surface area contributed by atoms with Gasteiger partial charge in [0, 0.05) is 85.7 Å². The maximum Gasteiger partial charge on any atom is 0.273 e. The summed E-state index contributed by atoms with van der Waals surface area (Å²) < 4.78 is 47.2. The summed E-state index contributed by atoms with van der Waals surface area (Å²) in [5.41, 5.74) is 6.78. The number of imidazole rings is 1. The molecule has 1 spiro atoms. The zero-order valence-electron chi connectivity index (χ0n) is 34.0. The Bertz CT molecular complexity index is 2760. The van der Waals surface area contributed by atoms with Crippen molar-refractivity contribution in [2.45, 2.75) is 69.1 Å². The first-order valence-corrected chi connectivity index (χ1v) is 21.7. The molecule has 3 atom stereocenters. The molecule has 3 saturated heterocycles. The highest BCUT2D eigenvalue weighted by atomic mass is 35.5. The average molecular weight is 879 g/mol. The molecule has 63 heavy (non-hydrogen) atoms. The maximum atomic E-state index is 16.0. The normalized spacial score (nSPS) is 23.3. The number of aromatic nitrogens is 4. The number of benzene rings is 2. The number of amides is 4. The molecule has 5 aliphatic heterocycles. The molecule has 4 fully saturated rings. The summed E-state index contributed by atoms with van der Waals surface area (Å²) in [6, 6.07) is 14.0. The Hall–Kier alpha value is -6.07. The van der Waals surface area contributed by atoms with Crippen LogP contribution in [0.4, 0.5) is 30.4 Å². The van der Waals surface area contributed by atoms with Crippen LogP contribution in [0.5, 0.6) is 0 Å². The molecule has 0 radical (unpaired) electrons. The standard InChI is InChI=1S/C45H42ClF3N10O4/c46-31-7-5-25(16-30(31)28-6-9-37(60)54-41(28)61)43(63)57-15-12-44(45(48,49)23-57)21-56(22-44)20-24-4-8-33(51-18-24)26-2-1-3-35-27(26)11-14-58(35)39-29-10-13-50-38(29)40-52-19-36(59(40)55-39)42(62)53-34-17-32(34)47/h1-5,7-8,16,18-19,28,32,34,50H,6,9-15,17,20-23H2,(H,53,62)(H,54,60,61). The predicted molar refractivity (Wildman–Crippen MR) is 226 cm³/mol. The van der Waals surface area contributed by atoms with Gasteiger partial charge < -0.3 is 20.4 Å². The molecule has 1 saturated carbocycles. The van der Waals surface area contributed by atoms with Gasteiger partial charge in [0.2, 0.25) is 11.8 Å². The molecular formula is C45H42ClF3N10O4. The maximum absolute atomic E-state index is 16.0. The Kier molecular flexibility index (Phi) is 9.31. The minimum absolute atomic E-state index is 0.141. The molecule has 18 heteroatoms. The number of carbonyl (C=O) groups excluding carboxylic acids is 4. The average Bonchev–Trinajstić information content (AvgIpc) is 3.66. The van der Waals surface area contributed by atoms with Gasteiger partial charge in [-0.05, 0) is 72.7 Å². The van der Waals surface area contributed by atoms with Crippen LogP contribution in [0.2, 0.25) is 5.02 Å². The van der Waals surface area contributed by atoms with Gasteiger partial charge in [0.15, 0.2) is 17.2 Å². The van der Waals surface area contributed by atoms with Crippen LogP contribution in [0.3, 0.4) is 0 Å². The SMILES string of the molecule is O=C1CCC(c2cc(C(=O)N3CCC4(CN(Cc5ccc(-c6cccc7c6CCN7c6nn7c(C(=O)NC8CC8F)cnc7c7c6CCN7)nc5)C4)C(F)(F)C3)ccc2Cl)C(=O)N1. The van der Waals surface area contributed by atoms with Crippen LogP contribution in [0.25, 0.3) is 16.9 Å². The van der Waals surface area contributed by atoms with Crippen molar-refractivity contribution in [1.29, 1.82) is 0 Å². The summed E-state index contributed by atoms with van der Waals surface area (Å²) in [6.45, 7) is 1.67. The summed E-state index contributed by atoms with van der Waals surface area (Å²) in [6.07, 6.45) is 4.59. The minimum atomic E-state index is -3.12. The highest BCUT2D eigenvalue weighted by Gasteiger charge is 2.62. The fourth-order valence-corrected chi connectivity index (χ4v) is 10.4. The van der Waals surface area contributed by atoms with E-state index < -0.39 is 53.7 Å². The number of hydrogen-bond acceptors (Lipinski definition) is 10. The number of imide groups is 1. The molecule has 3 unspecified atom stereocenters. The number of piperidine rings is 2. The van der Waals surface area contributed by atoms with Gasteiger partial charge >= 0.3 is 0 Å². The number of pyridine rings is 1. The third-order valence-electron chi connectivity index (χ3n) is 13.7. The monoisotopic (exact) mass is 878 g/mol. The number of alkyl halides is 3. The molecular weight excluding hydrogens is 837 g/mol. The van der Waals surface area contributed by atoms with Crippen molar-refractivity contribution >= 4 is 58.1 Å². The van der Waals surface area contributed by atoms with E-state index in [0.29, 0.717) is 37.3 Å². The Morgan fingerprint density at radius 3 is 2.57 bits per heavy atom. The number of carbonyl (C=O) groups is 4. The Morgan fingerprint density at radius 1 is 0.968 bits per heavy atom. The quantitative estimate of drug-likeness (QED) is 0.171. The lowest BCUT2D eigenvalue weighted by Gasteiger charge is -2.57. The van der Waals surface area contributed by atoms with Crippen LogP contribution in [0.15, 0.2) is 60.9 Å². The van der Waals surface area contributed by atoms with Crippen molar-refractivity contribution in [1.82, 2.24) is 40.0 Å². The van der Waals surface area contributed by atoms with E-state index in [9.17, 15) is 23.6 Å². The van der Waals surface area contributed by atoms with E-state index in [1.165, 1.54) is 29.3 Å². The molecule has 2 aromatic carbocycles. The summed E-state index contributed by atoms with van der Waals surface area (Å²) >= 11 is 6.39. The van der Waals surface area contributed by atoms with Gasteiger partial charge in [0.1, 0.15) is 6.17 Å². The second-order valence-corrected chi connectivity index (χ2v) is 18.1. The van der Waals surface area contributed by atoms with Crippen LogP contribution in [-0.4, -0.2) is 110 Å². The lowest BCUT2D eigenvalue weighted by molar-refractivity contribution is -0.220. The number of nitrogens with one attached hydrogen (secondary N) is 3. The molecule has 5 aromatic rings.